The second kappa shape index (κ2) is 3.82. The van der Waals surface area contributed by atoms with Gasteiger partial charge < -0.3 is 0 Å². The third-order valence-corrected chi connectivity index (χ3v) is 2.69. The Morgan fingerprint density at radius 3 is 2.94 bits per heavy atom. The van der Waals surface area contributed by atoms with Gasteiger partial charge >= 0.3 is 0 Å². The Balaban J connectivity index is 2.17. The summed E-state index contributed by atoms with van der Waals surface area (Å²) < 4.78 is 1.67. The highest BCUT2D eigenvalue weighted by atomic mass is 35.5. The zero-order valence-electron chi connectivity index (χ0n) is 9.13. The van der Waals surface area contributed by atoms with Crippen LogP contribution in [0.5, 0.6) is 0 Å². The number of benzene rings is 1. The predicted octanol–water partition coefficient (Wildman–Crippen LogP) is 2.75. The largest absolute Gasteiger partial charge is 0.252 e. The summed E-state index contributed by atoms with van der Waals surface area (Å²) in [5, 5.41) is 4.94. The Bertz CT molecular complexity index is 690. The maximum absolute atomic E-state index is 5.96. The molecule has 1 aromatic carbocycles. The van der Waals surface area contributed by atoms with Crippen molar-refractivity contribution in [3.8, 4) is 11.1 Å². The Labute approximate surface area is 103 Å². The maximum atomic E-state index is 5.96. The van der Waals surface area contributed by atoms with Crippen LogP contribution in [-0.2, 0) is 0 Å². The molecule has 0 N–H and O–H groups in total. The van der Waals surface area contributed by atoms with Crippen molar-refractivity contribution in [1.29, 1.82) is 0 Å². The van der Waals surface area contributed by atoms with Gasteiger partial charge in [0.2, 0.25) is 0 Å². The molecule has 0 amide bonds. The first-order chi connectivity index (χ1) is 8.22. The van der Waals surface area contributed by atoms with Crippen molar-refractivity contribution in [1.82, 2.24) is 19.6 Å². The molecular formula is C12H9ClN4. The van der Waals surface area contributed by atoms with Crippen molar-refractivity contribution in [3.63, 3.8) is 0 Å². The van der Waals surface area contributed by atoms with E-state index in [0.717, 1.165) is 11.1 Å². The van der Waals surface area contributed by atoms with Gasteiger partial charge in [0.15, 0.2) is 0 Å². The summed E-state index contributed by atoms with van der Waals surface area (Å²) in [5.41, 5.74) is 1.98. The number of aryl methyl sites for hydroxylation is 1. The van der Waals surface area contributed by atoms with Crippen molar-refractivity contribution in [3.05, 3.63) is 47.5 Å². The van der Waals surface area contributed by atoms with E-state index >= 15 is 0 Å². The first-order valence-corrected chi connectivity index (χ1v) is 5.55. The SMILES string of the molecule is Cc1nc2ncc(-c3cccc(Cl)c3)cn2n1. The Morgan fingerprint density at radius 1 is 1.24 bits per heavy atom. The molecule has 0 bridgehead atoms. The second-order valence-electron chi connectivity index (χ2n) is 3.76. The van der Waals surface area contributed by atoms with Crippen LogP contribution in [0, 0.1) is 6.92 Å². The van der Waals surface area contributed by atoms with Crippen molar-refractivity contribution in [2.24, 2.45) is 0 Å². The van der Waals surface area contributed by atoms with Crippen molar-refractivity contribution in [2.75, 3.05) is 0 Å². The predicted molar refractivity (Wildman–Crippen MR) is 66.0 cm³/mol. The summed E-state index contributed by atoms with van der Waals surface area (Å²) in [6, 6.07) is 7.64. The van der Waals surface area contributed by atoms with Crippen LogP contribution >= 0.6 is 11.6 Å². The van der Waals surface area contributed by atoms with Crippen LogP contribution in [0.15, 0.2) is 36.7 Å². The summed E-state index contributed by atoms with van der Waals surface area (Å²) in [6.45, 7) is 1.84. The number of rotatable bonds is 1. The molecule has 0 unspecified atom stereocenters. The van der Waals surface area contributed by atoms with E-state index in [2.05, 4.69) is 15.1 Å². The van der Waals surface area contributed by atoms with E-state index in [4.69, 9.17) is 11.6 Å². The average Bonchev–Trinajstić information content (AvgIpc) is 2.68. The minimum absolute atomic E-state index is 0.605. The molecule has 17 heavy (non-hydrogen) atoms. The van der Waals surface area contributed by atoms with Crippen LogP contribution in [-0.4, -0.2) is 19.6 Å². The minimum atomic E-state index is 0.605. The van der Waals surface area contributed by atoms with Gasteiger partial charge in [-0.05, 0) is 24.6 Å². The van der Waals surface area contributed by atoms with Gasteiger partial charge in [0.05, 0.1) is 0 Å². The monoisotopic (exact) mass is 244 g/mol. The molecule has 2 aromatic heterocycles. The molecule has 3 aromatic rings. The fourth-order valence-corrected chi connectivity index (χ4v) is 1.89. The summed E-state index contributed by atoms with van der Waals surface area (Å²) in [5.74, 6) is 1.31. The van der Waals surface area contributed by atoms with E-state index in [0.29, 0.717) is 16.6 Å². The van der Waals surface area contributed by atoms with Crippen LogP contribution in [0.1, 0.15) is 5.82 Å². The van der Waals surface area contributed by atoms with Crippen LogP contribution in [0.2, 0.25) is 5.02 Å². The fourth-order valence-electron chi connectivity index (χ4n) is 1.70. The first kappa shape index (κ1) is 10.2. The summed E-state index contributed by atoms with van der Waals surface area (Å²) >= 11 is 5.96. The molecule has 4 nitrogen and oxygen atoms in total. The number of aromatic nitrogens is 4. The van der Waals surface area contributed by atoms with Gasteiger partial charge in [-0.3, -0.25) is 0 Å². The molecule has 84 valence electrons. The summed E-state index contributed by atoms with van der Waals surface area (Å²) in [4.78, 5) is 8.43. The van der Waals surface area contributed by atoms with Crippen molar-refractivity contribution < 1.29 is 0 Å². The first-order valence-electron chi connectivity index (χ1n) is 5.17. The van der Waals surface area contributed by atoms with Gasteiger partial charge in [-0.15, -0.1) is 0 Å². The molecule has 0 atom stereocenters. The molecule has 3 rings (SSSR count). The van der Waals surface area contributed by atoms with E-state index in [9.17, 15) is 0 Å². The van der Waals surface area contributed by atoms with E-state index in [1.165, 1.54) is 0 Å². The zero-order valence-corrected chi connectivity index (χ0v) is 9.89. The lowest BCUT2D eigenvalue weighted by molar-refractivity contribution is 0.918. The number of hydrogen-bond donors (Lipinski definition) is 0. The summed E-state index contributed by atoms with van der Waals surface area (Å²) in [6.07, 6.45) is 3.67. The maximum Gasteiger partial charge on any atom is 0.252 e. The fraction of sp³-hybridized carbons (Fsp3) is 0.0833. The molecule has 0 aliphatic heterocycles. The molecule has 0 aliphatic carbocycles. The lowest BCUT2D eigenvalue weighted by atomic mass is 10.1. The quantitative estimate of drug-likeness (QED) is 0.661. The molecule has 0 fully saturated rings. The van der Waals surface area contributed by atoms with Crippen LogP contribution in [0.3, 0.4) is 0 Å². The highest BCUT2D eigenvalue weighted by Crippen LogP contribution is 2.21. The van der Waals surface area contributed by atoms with E-state index in [-0.39, 0.29) is 0 Å². The lowest BCUT2D eigenvalue weighted by Crippen LogP contribution is -1.91. The normalized spacial score (nSPS) is 10.9. The molecule has 0 saturated heterocycles. The third-order valence-electron chi connectivity index (χ3n) is 2.46. The average molecular weight is 245 g/mol. The molecule has 0 spiro atoms. The van der Waals surface area contributed by atoms with Gasteiger partial charge in [-0.25, -0.2) is 9.50 Å². The Morgan fingerprint density at radius 2 is 2.12 bits per heavy atom. The van der Waals surface area contributed by atoms with E-state index in [1.807, 2.05) is 37.4 Å². The van der Waals surface area contributed by atoms with Crippen LogP contribution in [0.4, 0.5) is 0 Å². The molecule has 0 saturated carbocycles. The lowest BCUT2D eigenvalue weighted by Gasteiger charge is -2.01. The number of halogens is 1. The number of hydrogen-bond acceptors (Lipinski definition) is 3. The number of nitrogens with zero attached hydrogens (tertiary/aromatic N) is 4. The standard InChI is InChI=1S/C12H9ClN4/c1-8-15-12-14-6-10(7-17(12)16-8)9-3-2-4-11(13)5-9/h2-7H,1H3. The number of fused-ring (bicyclic) bond motifs is 1. The second-order valence-corrected chi connectivity index (χ2v) is 4.19. The summed E-state index contributed by atoms with van der Waals surface area (Å²) in [7, 11) is 0. The zero-order chi connectivity index (χ0) is 11.8. The van der Waals surface area contributed by atoms with Crippen LogP contribution in [0.25, 0.3) is 16.9 Å². The third kappa shape index (κ3) is 1.87. The molecular weight excluding hydrogens is 236 g/mol. The van der Waals surface area contributed by atoms with Gasteiger partial charge in [-0.2, -0.15) is 10.1 Å². The van der Waals surface area contributed by atoms with Gasteiger partial charge in [0.1, 0.15) is 5.82 Å². The molecule has 0 radical (unpaired) electrons. The Kier molecular flexibility index (Phi) is 2.30. The highest BCUT2D eigenvalue weighted by Gasteiger charge is 2.04. The van der Waals surface area contributed by atoms with Gasteiger partial charge in [-0.1, -0.05) is 23.7 Å². The minimum Gasteiger partial charge on any atom is -0.219 e. The van der Waals surface area contributed by atoms with E-state index in [1.54, 1.807) is 10.7 Å². The van der Waals surface area contributed by atoms with Gasteiger partial charge in [0.25, 0.3) is 5.78 Å². The molecule has 5 heteroatoms. The highest BCUT2D eigenvalue weighted by molar-refractivity contribution is 6.30. The van der Waals surface area contributed by atoms with Crippen molar-refractivity contribution >= 4 is 17.4 Å². The smallest absolute Gasteiger partial charge is 0.219 e. The van der Waals surface area contributed by atoms with Gasteiger partial charge in [0, 0.05) is 23.0 Å². The molecule has 0 aliphatic rings. The topological polar surface area (TPSA) is 43.1 Å². The van der Waals surface area contributed by atoms with Crippen molar-refractivity contribution in [2.45, 2.75) is 6.92 Å². The molecule has 2 heterocycles. The Hall–Kier alpha value is -1.94. The van der Waals surface area contributed by atoms with E-state index < -0.39 is 0 Å². The van der Waals surface area contributed by atoms with Crippen LogP contribution < -0.4 is 0 Å².